The van der Waals surface area contributed by atoms with Gasteiger partial charge in [-0.05, 0) is 44.7 Å². The van der Waals surface area contributed by atoms with E-state index in [-0.39, 0.29) is 49.7 Å². The van der Waals surface area contributed by atoms with E-state index in [2.05, 4.69) is 25.7 Å². The summed E-state index contributed by atoms with van der Waals surface area (Å²) >= 11 is 0. The highest BCUT2D eigenvalue weighted by atomic mass is 19.3. The summed E-state index contributed by atoms with van der Waals surface area (Å²) in [5.41, 5.74) is 6.90. The van der Waals surface area contributed by atoms with Gasteiger partial charge in [0.05, 0.1) is 19.4 Å². The number of hydrogen-bond donors (Lipinski definition) is 3. The molecule has 0 aromatic carbocycles. The molecule has 0 saturated heterocycles. The van der Waals surface area contributed by atoms with Gasteiger partial charge in [-0.15, -0.1) is 0 Å². The average Bonchev–Trinajstić information content (AvgIpc) is 3.38. The maximum atomic E-state index is 13.8. The van der Waals surface area contributed by atoms with Crippen LogP contribution in [0.2, 0.25) is 0 Å². The van der Waals surface area contributed by atoms with Crippen LogP contribution < -0.4 is 21.1 Å². The molecule has 0 aliphatic heterocycles. The zero-order valence-electron chi connectivity index (χ0n) is 21.2. The van der Waals surface area contributed by atoms with E-state index in [1.165, 1.54) is 30.4 Å². The van der Waals surface area contributed by atoms with Gasteiger partial charge in [0.15, 0.2) is 0 Å². The third-order valence-corrected chi connectivity index (χ3v) is 6.18. The van der Waals surface area contributed by atoms with Crippen LogP contribution in [0.25, 0.3) is 0 Å². The van der Waals surface area contributed by atoms with Gasteiger partial charge in [0.2, 0.25) is 17.7 Å². The molecule has 2 aromatic rings. The second-order valence-corrected chi connectivity index (χ2v) is 9.15. The van der Waals surface area contributed by atoms with Crippen molar-refractivity contribution in [3.63, 3.8) is 0 Å². The summed E-state index contributed by atoms with van der Waals surface area (Å²) in [7, 11) is 1.50. The lowest BCUT2D eigenvalue weighted by atomic mass is 9.81. The molecule has 1 saturated carbocycles. The number of aliphatic imine (C=N–C) groups is 1. The van der Waals surface area contributed by atoms with Crippen molar-refractivity contribution in [2.24, 2.45) is 16.6 Å². The number of carbonyl (C=O) groups is 2. The number of allylic oxidation sites excluding steroid dienone is 1. The monoisotopic (exact) mass is 517 g/mol. The molecule has 1 aliphatic carbocycles. The third kappa shape index (κ3) is 7.34. The topological polar surface area (TPSA) is 137 Å². The average molecular weight is 518 g/mol. The lowest BCUT2D eigenvalue weighted by Crippen LogP contribution is -2.52. The normalized spacial score (nSPS) is 17.1. The molecule has 2 amide bonds. The Labute approximate surface area is 214 Å². The van der Waals surface area contributed by atoms with Gasteiger partial charge in [-0.25, -0.2) is 13.8 Å². The van der Waals surface area contributed by atoms with Crippen LogP contribution in [-0.2, 0) is 11.3 Å². The van der Waals surface area contributed by atoms with Gasteiger partial charge in [-0.2, -0.15) is 5.10 Å². The molecule has 1 aliphatic rings. The van der Waals surface area contributed by atoms with Gasteiger partial charge in [-0.3, -0.25) is 19.3 Å². The van der Waals surface area contributed by atoms with Crippen molar-refractivity contribution in [3.05, 3.63) is 53.7 Å². The molecule has 2 aromatic heterocycles. The number of nitrogens with two attached hydrogens (primary N) is 1. The molecule has 1 unspecified atom stereocenters. The number of alkyl halides is 2. The summed E-state index contributed by atoms with van der Waals surface area (Å²) in [5, 5.41) is 9.56. The van der Waals surface area contributed by atoms with Crippen molar-refractivity contribution < 1.29 is 23.1 Å². The summed E-state index contributed by atoms with van der Waals surface area (Å²) in [6.45, 7) is 3.97. The molecule has 37 heavy (non-hydrogen) atoms. The smallest absolute Gasteiger partial charge is 0.270 e. The molecular formula is C25H33F2N7O3. The summed E-state index contributed by atoms with van der Waals surface area (Å²) in [6, 6.07) is 3.96. The zero-order valence-corrected chi connectivity index (χ0v) is 21.2. The van der Waals surface area contributed by atoms with E-state index in [1.54, 1.807) is 24.4 Å². The maximum Gasteiger partial charge on any atom is 0.270 e. The Morgan fingerprint density at radius 2 is 2.03 bits per heavy atom. The largest absolute Gasteiger partial charge is 0.481 e. The third-order valence-electron chi connectivity index (χ3n) is 6.18. The Bertz CT molecular complexity index is 1140. The first-order valence-corrected chi connectivity index (χ1v) is 12.1. The van der Waals surface area contributed by atoms with Crippen LogP contribution in [0.4, 0.5) is 8.78 Å². The van der Waals surface area contributed by atoms with Crippen molar-refractivity contribution in [1.82, 2.24) is 25.4 Å². The molecule has 10 nitrogen and oxygen atoms in total. The molecule has 200 valence electrons. The van der Waals surface area contributed by atoms with E-state index in [0.29, 0.717) is 5.88 Å². The minimum atomic E-state index is -2.78. The Hall–Kier alpha value is -3.83. The SMILES string of the molecule is COc1ncccc1CN=C/C(=C\N)NC(=O)C(NC(=O)c1ccnn1C(C)C)C1CCC(F)(F)CC1. The highest BCUT2D eigenvalue weighted by molar-refractivity contribution is 5.98. The van der Waals surface area contributed by atoms with Crippen LogP contribution >= 0.6 is 0 Å². The number of pyridine rings is 1. The summed E-state index contributed by atoms with van der Waals surface area (Å²) in [5.74, 6) is -3.91. The molecule has 4 N–H and O–H groups in total. The van der Waals surface area contributed by atoms with Gasteiger partial charge in [-0.1, -0.05) is 6.07 Å². The Kier molecular flexibility index (Phi) is 9.31. The molecule has 3 rings (SSSR count). The predicted octanol–water partition coefficient (Wildman–Crippen LogP) is 2.98. The van der Waals surface area contributed by atoms with Crippen molar-refractivity contribution in [2.45, 2.75) is 64.1 Å². The summed E-state index contributed by atoms with van der Waals surface area (Å²) < 4.78 is 34.4. The number of carbonyl (C=O) groups excluding carboxylic acids is 2. The fourth-order valence-electron chi connectivity index (χ4n) is 4.22. The molecule has 2 heterocycles. The van der Waals surface area contributed by atoms with Crippen molar-refractivity contribution in [2.75, 3.05) is 7.11 Å². The van der Waals surface area contributed by atoms with Crippen LogP contribution in [0.5, 0.6) is 5.88 Å². The molecule has 0 bridgehead atoms. The second kappa shape index (κ2) is 12.4. The van der Waals surface area contributed by atoms with Crippen molar-refractivity contribution in [3.8, 4) is 5.88 Å². The standard InChI is InChI=1S/C25H33F2N7O3/c1-16(2)34-20(8-12-31-34)22(35)33-21(17-6-9-25(26,27)10-7-17)23(36)32-19(13-28)15-29-14-18-5-4-11-30-24(18)37-3/h4-5,8,11-13,15-17,21H,6-7,9-10,14,28H2,1-3H3,(H,32,36)(H,33,35)/b19-13+,29-15?. The van der Waals surface area contributed by atoms with E-state index in [4.69, 9.17) is 10.5 Å². The van der Waals surface area contributed by atoms with Gasteiger partial charge in [0.1, 0.15) is 11.7 Å². The fraction of sp³-hybridized carbons (Fsp3) is 0.480. The summed E-state index contributed by atoms with van der Waals surface area (Å²) in [6.07, 6.45) is 5.12. The number of ether oxygens (including phenoxy) is 1. The minimum Gasteiger partial charge on any atom is -0.481 e. The van der Waals surface area contributed by atoms with Crippen LogP contribution in [0, 0.1) is 5.92 Å². The lowest BCUT2D eigenvalue weighted by molar-refractivity contribution is -0.125. The van der Waals surface area contributed by atoms with Crippen LogP contribution in [0.15, 0.2) is 47.5 Å². The predicted molar refractivity (Wildman–Crippen MR) is 134 cm³/mol. The highest BCUT2D eigenvalue weighted by Gasteiger charge is 2.40. The van der Waals surface area contributed by atoms with Crippen LogP contribution in [0.3, 0.4) is 0 Å². The lowest BCUT2D eigenvalue weighted by Gasteiger charge is -2.33. The molecule has 12 heteroatoms. The quantitative estimate of drug-likeness (QED) is 0.415. The number of rotatable bonds is 10. The second-order valence-electron chi connectivity index (χ2n) is 9.15. The number of methoxy groups -OCH3 is 1. The first-order chi connectivity index (χ1) is 17.6. The molecule has 1 atom stereocenters. The minimum absolute atomic E-state index is 0.0853. The number of amides is 2. The molecule has 0 radical (unpaired) electrons. The molecular weight excluding hydrogens is 484 g/mol. The highest BCUT2D eigenvalue weighted by Crippen LogP contribution is 2.37. The van der Waals surface area contributed by atoms with Gasteiger partial charge < -0.3 is 21.1 Å². The Morgan fingerprint density at radius 1 is 1.30 bits per heavy atom. The van der Waals surface area contributed by atoms with Gasteiger partial charge >= 0.3 is 0 Å². The van der Waals surface area contributed by atoms with E-state index in [1.807, 2.05) is 13.8 Å². The van der Waals surface area contributed by atoms with E-state index in [0.717, 1.165) is 5.56 Å². The zero-order chi connectivity index (χ0) is 27.0. The van der Waals surface area contributed by atoms with Crippen molar-refractivity contribution >= 4 is 18.0 Å². The summed E-state index contributed by atoms with van der Waals surface area (Å²) in [4.78, 5) is 34.8. The van der Waals surface area contributed by atoms with Gasteiger partial charge in [0.25, 0.3) is 5.91 Å². The van der Waals surface area contributed by atoms with Crippen LogP contribution in [0.1, 0.15) is 61.6 Å². The Balaban J connectivity index is 1.74. The fourth-order valence-corrected chi connectivity index (χ4v) is 4.22. The number of halogens is 2. The van der Waals surface area contributed by atoms with Crippen LogP contribution in [-0.4, -0.2) is 51.9 Å². The molecule has 1 fully saturated rings. The van der Waals surface area contributed by atoms with E-state index in [9.17, 15) is 18.4 Å². The van der Waals surface area contributed by atoms with E-state index < -0.39 is 29.7 Å². The number of nitrogens with one attached hydrogen (secondary N) is 2. The number of hydrogen-bond acceptors (Lipinski definition) is 7. The van der Waals surface area contributed by atoms with E-state index >= 15 is 0 Å². The number of nitrogens with zero attached hydrogens (tertiary/aromatic N) is 4. The van der Waals surface area contributed by atoms with Crippen molar-refractivity contribution in [1.29, 1.82) is 0 Å². The first-order valence-electron chi connectivity index (χ1n) is 12.1. The maximum absolute atomic E-state index is 13.8. The number of aromatic nitrogens is 3. The Morgan fingerprint density at radius 3 is 2.68 bits per heavy atom. The van der Waals surface area contributed by atoms with Gasteiger partial charge in [0, 0.05) is 49.3 Å². The molecule has 0 spiro atoms. The first kappa shape index (κ1) is 27.8.